The fraction of sp³-hybridized carbons (Fsp3) is 0.812. The zero-order valence-corrected chi connectivity index (χ0v) is 15.2. The SMILES string of the molecule is CCNC(=NCC(C)N1CCOCC1)NCCn1cnnc1CC. The van der Waals surface area contributed by atoms with Gasteiger partial charge in [-0.1, -0.05) is 6.92 Å². The van der Waals surface area contributed by atoms with Crippen molar-refractivity contribution < 1.29 is 4.74 Å². The summed E-state index contributed by atoms with van der Waals surface area (Å²) in [6, 6.07) is 0.425. The molecule has 8 nitrogen and oxygen atoms in total. The summed E-state index contributed by atoms with van der Waals surface area (Å²) in [5.41, 5.74) is 0. The number of hydrogen-bond donors (Lipinski definition) is 2. The molecule has 1 saturated heterocycles. The van der Waals surface area contributed by atoms with E-state index in [2.05, 4.69) is 51.1 Å². The Labute approximate surface area is 144 Å². The van der Waals surface area contributed by atoms with Gasteiger partial charge in [0.25, 0.3) is 0 Å². The molecular formula is C16H31N7O. The molecule has 1 atom stereocenters. The normalized spacial score (nSPS) is 17.7. The summed E-state index contributed by atoms with van der Waals surface area (Å²) >= 11 is 0. The van der Waals surface area contributed by atoms with Crippen molar-refractivity contribution in [2.75, 3.05) is 45.9 Å². The number of nitrogens with one attached hydrogen (secondary N) is 2. The van der Waals surface area contributed by atoms with Gasteiger partial charge in [-0.05, 0) is 13.8 Å². The lowest BCUT2D eigenvalue weighted by molar-refractivity contribution is 0.0220. The van der Waals surface area contributed by atoms with Crippen molar-refractivity contribution in [3.8, 4) is 0 Å². The van der Waals surface area contributed by atoms with E-state index >= 15 is 0 Å². The third-order valence-corrected chi connectivity index (χ3v) is 4.18. The molecule has 0 bridgehead atoms. The molecule has 0 saturated carbocycles. The number of guanidine groups is 1. The van der Waals surface area contributed by atoms with Crippen LogP contribution in [0, 0.1) is 0 Å². The molecule has 0 spiro atoms. The summed E-state index contributed by atoms with van der Waals surface area (Å²) in [6.07, 6.45) is 2.68. The van der Waals surface area contributed by atoms with Crippen LogP contribution < -0.4 is 10.6 Å². The minimum Gasteiger partial charge on any atom is -0.379 e. The van der Waals surface area contributed by atoms with Gasteiger partial charge >= 0.3 is 0 Å². The molecule has 1 aliphatic heterocycles. The highest BCUT2D eigenvalue weighted by atomic mass is 16.5. The molecule has 2 heterocycles. The first-order chi connectivity index (χ1) is 11.7. The fourth-order valence-electron chi connectivity index (χ4n) is 2.73. The van der Waals surface area contributed by atoms with E-state index in [9.17, 15) is 0 Å². The predicted octanol–water partition coefficient (Wildman–Crippen LogP) is 0.116. The van der Waals surface area contributed by atoms with Crippen molar-refractivity contribution >= 4 is 5.96 Å². The molecule has 136 valence electrons. The van der Waals surface area contributed by atoms with Crippen LogP contribution >= 0.6 is 0 Å². The minimum atomic E-state index is 0.425. The van der Waals surface area contributed by atoms with Crippen molar-refractivity contribution in [3.05, 3.63) is 12.2 Å². The summed E-state index contributed by atoms with van der Waals surface area (Å²) in [4.78, 5) is 7.15. The van der Waals surface area contributed by atoms with Gasteiger partial charge in [-0.3, -0.25) is 9.89 Å². The molecule has 24 heavy (non-hydrogen) atoms. The number of aryl methyl sites for hydroxylation is 1. The lowest BCUT2D eigenvalue weighted by Gasteiger charge is -2.31. The van der Waals surface area contributed by atoms with Crippen LogP contribution in [0.4, 0.5) is 0 Å². The average molecular weight is 337 g/mol. The van der Waals surface area contributed by atoms with E-state index in [0.29, 0.717) is 6.04 Å². The second-order valence-electron chi connectivity index (χ2n) is 5.94. The quantitative estimate of drug-likeness (QED) is 0.518. The van der Waals surface area contributed by atoms with Gasteiger partial charge in [0.2, 0.25) is 0 Å². The third kappa shape index (κ3) is 5.76. The van der Waals surface area contributed by atoms with Gasteiger partial charge in [-0.15, -0.1) is 10.2 Å². The lowest BCUT2D eigenvalue weighted by atomic mass is 10.2. The highest BCUT2D eigenvalue weighted by Gasteiger charge is 2.16. The zero-order chi connectivity index (χ0) is 17.2. The van der Waals surface area contributed by atoms with Crippen LogP contribution in [0.25, 0.3) is 0 Å². The number of ether oxygens (including phenoxy) is 1. The molecule has 0 aromatic carbocycles. The van der Waals surface area contributed by atoms with E-state index in [1.54, 1.807) is 6.33 Å². The highest BCUT2D eigenvalue weighted by molar-refractivity contribution is 5.79. The largest absolute Gasteiger partial charge is 0.379 e. The molecule has 0 amide bonds. The van der Waals surface area contributed by atoms with Gasteiger partial charge in [0.05, 0.1) is 19.8 Å². The lowest BCUT2D eigenvalue weighted by Crippen LogP contribution is -2.44. The minimum absolute atomic E-state index is 0.425. The van der Waals surface area contributed by atoms with E-state index in [1.165, 1.54) is 0 Å². The Hall–Kier alpha value is -1.67. The van der Waals surface area contributed by atoms with Gasteiger partial charge < -0.3 is 19.9 Å². The smallest absolute Gasteiger partial charge is 0.191 e. The Morgan fingerprint density at radius 1 is 1.33 bits per heavy atom. The van der Waals surface area contributed by atoms with E-state index in [4.69, 9.17) is 9.73 Å². The standard InChI is InChI=1S/C16H31N7O/c1-4-15-21-20-13-23(15)7-6-18-16(17-5-2)19-12-14(3)22-8-10-24-11-9-22/h13-14H,4-12H2,1-3H3,(H2,17,18,19). The topological polar surface area (TPSA) is 79.6 Å². The first kappa shape index (κ1) is 18.7. The van der Waals surface area contributed by atoms with Crippen LogP contribution in [0.15, 0.2) is 11.3 Å². The summed E-state index contributed by atoms with van der Waals surface area (Å²) in [6.45, 7) is 13.3. The Morgan fingerprint density at radius 2 is 2.12 bits per heavy atom. The second-order valence-corrected chi connectivity index (χ2v) is 5.94. The Bertz CT molecular complexity index is 496. The molecular weight excluding hydrogens is 306 g/mol. The van der Waals surface area contributed by atoms with Crippen LogP contribution in [0.1, 0.15) is 26.6 Å². The number of aromatic nitrogens is 3. The molecule has 0 aliphatic carbocycles. The predicted molar refractivity (Wildman–Crippen MR) is 95.2 cm³/mol. The van der Waals surface area contributed by atoms with Crippen molar-refractivity contribution in [1.82, 2.24) is 30.3 Å². The van der Waals surface area contributed by atoms with Crippen LogP contribution in [0.5, 0.6) is 0 Å². The van der Waals surface area contributed by atoms with Crippen LogP contribution in [-0.4, -0.2) is 77.6 Å². The first-order valence-corrected chi connectivity index (χ1v) is 8.95. The fourth-order valence-corrected chi connectivity index (χ4v) is 2.73. The molecule has 1 unspecified atom stereocenters. The highest BCUT2D eigenvalue weighted by Crippen LogP contribution is 2.03. The molecule has 2 rings (SSSR count). The van der Waals surface area contributed by atoms with E-state index in [1.807, 2.05) is 0 Å². The van der Waals surface area contributed by atoms with Gasteiger partial charge in [0, 0.05) is 45.2 Å². The molecule has 1 aromatic rings. The number of aliphatic imine (C=N–C) groups is 1. The summed E-state index contributed by atoms with van der Waals surface area (Å²) in [5.74, 6) is 1.88. The Balaban J connectivity index is 1.79. The maximum Gasteiger partial charge on any atom is 0.191 e. The Morgan fingerprint density at radius 3 is 2.83 bits per heavy atom. The molecule has 2 N–H and O–H groups in total. The molecule has 8 heteroatoms. The second kappa shape index (κ2) is 10.2. The van der Waals surface area contributed by atoms with Crippen LogP contribution in [0.3, 0.4) is 0 Å². The Kier molecular flexibility index (Phi) is 7.97. The monoisotopic (exact) mass is 337 g/mol. The summed E-state index contributed by atoms with van der Waals surface area (Å²) in [5, 5.41) is 14.8. The average Bonchev–Trinajstić information content (AvgIpc) is 3.07. The third-order valence-electron chi connectivity index (χ3n) is 4.18. The van der Waals surface area contributed by atoms with Crippen LogP contribution in [-0.2, 0) is 17.7 Å². The van der Waals surface area contributed by atoms with E-state index < -0.39 is 0 Å². The summed E-state index contributed by atoms with van der Waals surface area (Å²) in [7, 11) is 0. The number of morpholine rings is 1. The molecule has 1 fully saturated rings. The van der Waals surface area contributed by atoms with Crippen molar-refractivity contribution in [3.63, 3.8) is 0 Å². The van der Waals surface area contributed by atoms with Crippen LogP contribution in [0.2, 0.25) is 0 Å². The number of rotatable bonds is 8. The maximum atomic E-state index is 5.41. The van der Waals surface area contributed by atoms with Crippen molar-refractivity contribution in [2.45, 2.75) is 39.8 Å². The van der Waals surface area contributed by atoms with E-state index in [-0.39, 0.29) is 0 Å². The number of hydrogen-bond acceptors (Lipinski definition) is 5. The zero-order valence-electron chi connectivity index (χ0n) is 15.2. The van der Waals surface area contributed by atoms with Gasteiger partial charge in [0.15, 0.2) is 5.96 Å². The van der Waals surface area contributed by atoms with Crippen molar-refractivity contribution in [1.29, 1.82) is 0 Å². The van der Waals surface area contributed by atoms with E-state index in [0.717, 1.165) is 70.7 Å². The molecule has 1 aromatic heterocycles. The number of nitrogens with zero attached hydrogens (tertiary/aromatic N) is 5. The summed E-state index contributed by atoms with van der Waals surface area (Å²) < 4.78 is 7.48. The van der Waals surface area contributed by atoms with Crippen molar-refractivity contribution in [2.24, 2.45) is 4.99 Å². The van der Waals surface area contributed by atoms with Gasteiger partial charge in [-0.25, -0.2) is 0 Å². The molecule has 0 radical (unpaired) electrons. The first-order valence-electron chi connectivity index (χ1n) is 8.95. The van der Waals surface area contributed by atoms with Gasteiger partial charge in [-0.2, -0.15) is 0 Å². The maximum absolute atomic E-state index is 5.41. The van der Waals surface area contributed by atoms with Gasteiger partial charge in [0.1, 0.15) is 12.2 Å². The molecule has 1 aliphatic rings.